The van der Waals surface area contributed by atoms with Crippen LogP contribution in [-0.4, -0.2) is 19.8 Å². The van der Waals surface area contributed by atoms with Gasteiger partial charge in [-0.15, -0.1) is 0 Å². The van der Waals surface area contributed by atoms with E-state index in [4.69, 9.17) is 9.79 Å². The van der Waals surface area contributed by atoms with Crippen molar-refractivity contribution in [3.05, 3.63) is 33.1 Å². The van der Waals surface area contributed by atoms with Crippen molar-refractivity contribution in [2.75, 3.05) is 0 Å². The first-order chi connectivity index (χ1) is 6.91. The van der Waals surface area contributed by atoms with E-state index >= 15 is 0 Å². The van der Waals surface area contributed by atoms with E-state index in [1.807, 2.05) is 4.98 Å². The molecule has 11 heteroatoms. The molecule has 4 N–H and O–H groups in total. The van der Waals surface area contributed by atoms with Crippen molar-refractivity contribution in [3.8, 4) is 0 Å². The van der Waals surface area contributed by atoms with Gasteiger partial charge >= 0.3 is 22.2 Å². The molecule has 0 amide bonds. The van der Waals surface area contributed by atoms with E-state index in [1.165, 1.54) is 12.3 Å². The summed E-state index contributed by atoms with van der Waals surface area (Å²) in [6, 6.07) is 1.24. The van der Waals surface area contributed by atoms with E-state index in [0.29, 0.717) is 0 Å². The van der Waals surface area contributed by atoms with Crippen molar-refractivity contribution in [3.63, 3.8) is 0 Å². The van der Waals surface area contributed by atoms with Crippen LogP contribution in [0.3, 0.4) is 0 Å². The highest BCUT2D eigenvalue weighted by molar-refractivity contribution is 7.46. The van der Waals surface area contributed by atoms with Crippen molar-refractivity contribution >= 4 is 16.5 Å². The summed E-state index contributed by atoms with van der Waals surface area (Å²) >= 11 is 0. The number of rotatable bonds is 2. The number of nitrogens with one attached hydrogen (secondary N) is 2. The van der Waals surface area contributed by atoms with Gasteiger partial charge in [0.2, 0.25) is 0 Å². The van der Waals surface area contributed by atoms with Crippen molar-refractivity contribution in [1.82, 2.24) is 9.97 Å². The minimum absolute atomic E-state index is 0.381. The van der Waals surface area contributed by atoms with Gasteiger partial charge in [0, 0.05) is 12.3 Å². The molecule has 2 atom stereocenters. The van der Waals surface area contributed by atoms with Gasteiger partial charge in [-0.1, -0.05) is 0 Å². The molecule has 0 saturated heterocycles. The summed E-state index contributed by atoms with van der Waals surface area (Å²) in [7, 11) is -6.40. The van der Waals surface area contributed by atoms with Crippen molar-refractivity contribution in [2.45, 2.75) is 0 Å². The topological polar surface area (TPSA) is 150 Å². The molecular formula is C4H8N2O7P2. The summed E-state index contributed by atoms with van der Waals surface area (Å²) in [5.41, 5.74) is -0.855. The van der Waals surface area contributed by atoms with Gasteiger partial charge in [0.1, 0.15) is 0 Å². The Morgan fingerprint density at radius 2 is 1.73 bits per heavy atom. The van der Waals surface area contributed by atoms with E-state index in [0.717, 1.165) is 0 Å². The second-order valence-electron chi connectivity index (χ2n) is 1.93. The lowest BCUT2D eigenvalue weighted by Gasteiger charge is -1.86. The highest BCUT2D eigenvalue weighted by Crippen LogP contribution is 2.30. The smallest absolute Gasteiger partial charge is 0.325 e. The number of H-pyrrole nitrogens is 2. The normalized spacial score (nSPS) is 13.5. The molecule has 15 heavy (non-hydrogen) atoms. The number of hydrogen-bond acceptors (Lipinski definition) is 5. The fraction of sp³-hybridized carbons (Fsp3) is 0. The molecule has 0 aromatic carbocycles. The average Bonchev–Trinajstić information content (AvgIpc) is 2.01. The maximum atomic E-state index is 10.2. The molecule has 86 valence electrons. The predicted octanol–water partition coefficient (Wildman–Crippen LogP) is -1.17. The van der Waals surface area contributed by atoms with Gasteiger partial charge in [0.15, 0.2) is 0 Å². The Hall–Kier alpha value is -0.980. The Morgan fingerprint density at radius 1 is 1.20 bits per heavy atom. The molecule has 0 saturated carbocycles. The molecule has 0 aliphatic heterocycles. The second-order valence-corrected chi connectivity index (χ2v) is 3.81. The van der Waals surface area contributed by atoms with Gasteiger partial charge in [-0.2, -0.15) is 0 Å². The SMILES string of the molecule is O=[PH](O)O[PH](=O)O.O=c1cc[nH]c(=O)[nH]1. The zero-order valence-corrected chi connectivity index (χ0v) is 9.09. The second kappa shape index (κ2) is 7.33. The summed E-state index contributed by atoms with van der Waals surface area (Å²) < 4.78 is 22.3. The Bertz CT molecular complexity index is 413. The van der Waals surface area contributed by atoms with Gasteiger partial charge in [0.25, 0.3) is 5.56 Å². The van der Waals surface area contributed by atoms with E-state index in [-0.39, 0.29) is 5.56 Å². The molecule has 1 aromatic heterocycles. The molecule has 2 unspecified atom stereocenters. The van der Waals surface area contributed by atoms with Crippen LogP contribution in [0.4, 0.5) is 0 Å². The molecule has 1 rings (SSSR count). The lowest BCUT2D eigenvalue weighted by Crippen LogP contribution is -2.19. The van der Waals surface area contributed by atoms with Crippen LogP contribution in [0.2, 0.25) is 0 Å². The quantitative estimate of drug-likeness (QED) is 0.488. The van der Waals surface area contributed by atoms with Crippen LogP contribution in [0.25, 0.3) is 0 Å². The Morgan fingerprint density at radius 3 is 1.93 bits per heavy atom. The molecule has 9 nitrogen and oxygen atoms in total. The molecule has 0 fully saturated rings. The number of hydrogen-bond donors (Lipinski definition) is 4. The molecule has 0 bridgehead atoms. The highest BCUT2D eigenvalue weighted by Gasteiger charge is 1.93. The fourth-order valence-corrected chi connectivity index (χ4v) is 1.05. The molecule has 0 aliphatic rings. The Balaban J connectivity index is 0.000000265. The van der Waals surface area contributed by atoms with Gasteiger partial charge in [-0.25, -0.2) is 9.11 Å². The Labute approximate surface area is 83.7 Å². The summed E-state index contributed by atoms with van der Waals surface area (Å²) in [5.74, 6) is 0. The summed E-state index contributed by atoms with van der Waals surface area (Å²) in [4.78, 5) is 40.1. The van der Waals surface area contributed by atoms with Crippen LogP contribution in [0.5, 0.6) is 0 Å². The molecule has 0 radical (unpaired) electrons. The standard InChI is InChI=1S/C4H4N2O2.H4O5P2/c7-3-1-2-5-4(8)6-3;1-6(2)5-7(3)4/h1-2H,(H2,5,6,7,8);6-7H,(H,1,2)(H,3,4). The van der Waals surface area contributed by atoms with Crippen LogP contribution in [0, 0.1) is 0 Å². The highest BCUT2D eigenvalue weighted by atomic mass is 31.2. The van der Waals surface area contributed by atoms with Crippen LogP contribution in [-0.2, 0) is 13.4 Å². The van der Waals surface area contributed by atoms with Crippen molar-refractivity contribution in [1.29, 1.82) is 0 Å². The van der Waals surface area contributed by atoms with Gasteiger partial charge in [0.05, 0.1) is 0 Å². The molecule has 0 aliphatic carbocycles. The molecule has 1 heterocycles. The number of aromatic nitrogens is 2. The van der Waals surface area contributed by atoms with E-state index in [2.05, 4.69) is 9.29 Å². The number of aromatic amines is 2. The maximum absolute atomic E-state index is 10.2. The first-order valence-corrected chi connectivity index (χ1v) is 5.86. The lowest BCUT2D eigenvalue weighted by molar-refractivity contribution is 0.371. The Kier molecular flexibility index (Phi) is 6.85. The van der Waals surface area contributed by atoms with Gasteiger partial charge < -0.3 is 14.8 Å². The third-order valence-electron chi connectivity index (χ3n) is 0.860. The maximum Gasteiger partial charge on any atom is 0.325 e. The minimum atomic E-state index is -3.20. The van der Waals surface area contributed by atoms with Crippen LogP contribution in [0.15, 0.2) is 21.9 Å². The van der Waals surface area contributed by atoms with Gasteiger partial charge in [-0.05, 0) is 0 Å². The summed E-state index contributed by atoms with van der Waals surface area (Å²) in [6.07, 6.45) is 1.29. The first kappa shape index (κ1) is 14.0. The minimum Gasteiger partial charge on any atom is -0.326 e. The third kappa shape index (κ3) is 9.33. The molecule has 1 aromatic rings. The zero-order chi connectivity index (χ0) is 11.8. The van der Waals surface area contributed by atoms with E-state index in [9.17, 15) is 18.7 Å². The van der Waals surface area contributed by atoms with Crippen LogP contribution >= 0.6 is 16.5 Å². The van der Waals surface area contributed by atoms with Crippen molar-refractivity contribution in [2.24, 2.45) is 0 Å². The average molecular weight is 258 g/mol. The van der Waals surface area contributed by atoms with Crippen molar-refractivity contribution < 1.29 is 23.2 Å². The van der Waals surface area contributed by atoms with Crippen LogP contribution < -0.4 is 11.2 Å². The lowest BCUT2D eigenvalue weighted by atomic mass is 10.7. The van der Waals surface area contributed by atoms with E-state index < -0.39 is 22.2 Å². The third-order valence-corrected chi connectivity index (χ3v) is 2.26. The molecule has 0 spiro atoms. The largest absolute Gasteiger partial charge is 0.326 e. The van der Waals surface area contributed by atoms with Crippen LogP contribution in [0.1, 0.15) is 0 Å². The monoisotopic (exact) mass is 258 g/mol. The predicted molar refractivity (Wildman–Crippen MR) is 51.2 cm³/mol. The first-order valence-electron chi connectivity index (χ1n) is 3.33. The summed E-state index contributed by atoms with van der Waals surface area (Å²) in [6.45, 7) is 0. The van der Waals surface area contributed by atoms with E-state index in [1.54, 1.807) is 0 Å². The molecular weight excluding hydrogens is 250 g/mol. The van der Waals surface area contributed by atoms with Gasteiger partial charge in [-0.3, -0.25) is 18.9 Å². The summed E-state index contributed by atoms with van der Waals surface area (Å²) in [5, 5.41) is 0. The zero-order valence-electron chi connectivity index (χ0n) is 7.09. The fourth-order valence-electron chi connectivity index (χ4n) is 0.457.